The number of unbranched alkanes of at least 4 members (excludes halogenated alkanes) is 2. The average Bonchev–Trinajstić information content (AvgIpc) is 2.37. The van der Waals surface area contributed by atoms with Gasteiger partial charge in [-0.15, -0.1) is 0 Å². The lowest BCUT2D eigenvalue weighted by atomic mass is 10.0. The molecular formula is C16H30N2O5. The summed E-state index contributed by atoms with van der Waals surface area (Å²) in [6.45, 7) is 9.41. The second kappa shape index (κ2) is 10.1. The molecule has 23 heavy (non-hydrogen) atoms. The summed E-state index contributed by atoms with van der Waals surface area (Å²) in [5.74, 6) is -1.14. The van der Waals surface area contributed by atoms with Crippen molar-refractivity contribution in [1.82, 2.24) is 10.6 Å². The SMILES string of the molecule is CC(C)[C@H](NC(=O)OC(C)(C)C)C(=O)NCCCCCC(=O)O. The van der Waals surface area contributed by atoms with E-state index in [0.29, 0.717) is 19.4 Å². The molecule has 3 N–H and O–H groups in total. The minimum absolute atomic E-state index is 0.0745. The van der Waals surface area contributed by atoms with Crippen LogP contribution < -0.4 is 10.6 Å². The maximum Gasteiger partial charge on any atom is 0.408 e. The van der Waals surface area contributed by atoms with Gasteiger partial charge in [0.1, 0.15) is 11.6 Å². The summed E-state index contributed by atoms with van der Waals surface area (Å²) in [6, 6.07) is -0.663. The maximum atomic E-state index is 12.2. The number of hydrogen-bond acceptors (Lipinski definition) is 4. The zero-order valence-electron chi connectivity index (χ0n) is 14.8. The molecule has 0 rings (SSSR count). The Kier molecular flexibility index (Phi) is 9.29. The molecule has 0 fully saturated rings. The lowest BCUT2D eigenvalue weighted by Gasteiger charge is -2.25. The van der Waals surface area contributed by atoms with Crippen molar-refractivity contribution in [3.05, 3.63) is 0 Å². The average molecular weight is 330 g/mol. The topological polar surface area (TPSA) is 105 Å². The van der Waals surface area contributed by atoms with E-state index in [1.807, 2.05) is 13.8 Å². The molecule has 0 aromatic rings. The molecule has 0 bridgehead atoms. The molecule has 7 nitrogen and oxygen atoms in total. The number of hydrogen-bond donors (Lipinski definition) is 3. The van der Waals surface area contributed by atoms with Crippen molar-refractivity contribution in [2.75, 3.05) is 6.54 Å². The van der Waals surface area contributed by atoms with Gasteiger partial charge in [-0.2, -0.15) is 0 Å². The molecule has 0 heterocycles. The van der Waals surface area contributed by atoms with Crippen molar-refractivity contribution >= 4 is 18.0 Å². The van der Waals surface area contributed by atoms with Gasteiger partial charge in [0.25, 0.3) is 0 Å². The molecule has 7 heteroatoms. The van der Waals surface area contributed by atoms with Crippen molar-refractivity contribution in [2.24, 2.45) is 5.92 Å². The van der Waals surface area contributed by atoms with Gasteiger partial charge >= 0.3 is 12.1 Å². The summed E-state index contributed by atoms with van der Waals surface area (Å²) >= 11 is 0. The third-order valence-corrected chi connectivity index (χ3v) is 2.99. The number of amides is 2. The van der Waals surface area contributed by atoms with Crippen LogP contribution in [0.1, 0.15) is 60.3 Å². The highest BCUT2D eigenvalue weighted by molar-refractivity contribution is 5.85. The molecule has 1 atom stereocenters. The van der Waals surface area contributed by atoms with Gasteiger partial charge in [0.15, 0.2) is 0 Å². The van der Waals surface area contributed by atoms with E-state index < -0.39 is 23.7 Å². The predicted molar refractivity (Wildman–Crippen MR) is 87.1 cm³/mol. The summed E-state index contributed by atoms with van der Waals surface area (Å²) in [5, 5.41) is 13.9. The summed E-state index contributed by atoms with van der Waals surface area (Å²) < 4.78 is 5.16. The second-order valence-electron chi connectivity index (χ2n) is 6.86. The number of rotatable bonds is 9. The van der Waals surface area contributed by atoms with E-state index in [1.54, 1.807) is 20.8 Å². The standard InChI is InChI=1S/C16H30N2O5/c1-11(2)13(18-15(22)23-16(3,4)5)14(21)17-10-8-6-7-9-12(19)20/h11,13H,6-10H2,1-5H3,(H,17,21)(H,18,22)(H,19,20)/t13-/m0/s1. The normalized spacial score (nSPS) is 12.6. The number of aliphatic carboxylic acids is 1. The molecule has 0 aliphatic carbocycles. The van der Waals surface area contributed by atoms with Crippen LogP contribution in [0.2, 0.25) is 0 Å². The Balaban J connectivity index is 4.20. The van der Waals surface area contributed by atoms with Gasteiger partial charge in [-0.1, -0.05) is 20.3 Å². The lowest BCUT2D eigenvalue weighted by molar-refractivity contribution is -0.137. The van der Waals surface area contributed by atoms with Crippen LogP contribution in [0, 0.1) is 5.92 Å². The summed E-state index contributed by atoms with van der Waals surface area (Å²) in [4.78, 5) is 34.3. The quantitative estimate of drug-likeness (QED) is 0.563. The van der Waals surface area contributed by atoms with E-state index in [-0.39, 0.29) is 18.2 Å². The van der Waals surface area contributed by atoms with E-state index in [4.69, 9.17) is 9.84 Å². The van der Waals surface area contributed by atoms with Crippen LogP contribution in [0.25, 0.3) is 0 Å². The Morgan fingerprint density at radius 3 is 2.17 bits per heavy atom. The number of carbonyl (C=O) groups is 3. The molecule has 0 unspecified atom stereocenters. The molecule has 134 valence electrons. The highest BCUT2D eigenvalue weighted by atomic mass is 16.6. The molecule has 0 aliphatic rings. The van der Waals surface area contributed by atoms with Gasteiger partial charge in [-0.25, -0.2) is 4.79 Å². The Hall–Kier alpha value is -1.79. The smallest absolute Gasteiger partial charge is 0.408 e. The van der Waals surface area contributed by atoms with E-state index in [1.165, 1.54) is 0 Å². The first-order valence-electron chi connectivity index (χ1n) is 8.02. The maximum absolute atomic E-state index is 12.2. The van der Waals surface area contributed by atoms with Gasteiger partial charge in [0.2, 0.25) is 5.91 Å². The van der Waals surface area contributed by atoms with Crippen LogP contribution in [0.15, 0.2) is 0 Å². The number of nitrogens with one attached hydrogen (secondary N) is 2. The second-order valence-corrected chi connectivity index (χ2v) is 6.86. The van der Waals surface area contributed by atoms with E-state index in [2.05, 4.69) is 10.6 Å². The van der Waals surface area contributed by atoms with E-state index >= 15 is 0 Å². The molecule has 0 aromatic carbocycles. The van der Waals surface area contributed by atoms with Crippen molar-refractivity contribution in [3.8, 4) is 0 Å². The monoisotopic (exact) mass is 330 g/mol. The molecule has 0 saturated heterocycles. The third-order valence-electron chi connectivity index (χ3n) is 2.99. The van der Waals surface area contributed by atoms with Crippen molar-refractivity contribution < 1.29 is 24.2 Å². The Labute approximate surface area is 138 Å². The first-order chi connectivity index (χ1) is 10.5. The van der Waals surface area contributed by atoms with Gasteiger partial charge in [0.05, 0.1) is 0 Å². The van der Waals surface area contributed by atoms with E-state index in [9.17, 15) is 14.4 Å². The molecule has 0 saturated carbocycles. The zero-order valence-corrected chi connectivity index (χ0v) is 14.8. The number of carbonyl (C=O) groups excluding carboxylic acids is 2. The summed E-state index contributed by atoms with van der Waals surface area (Å²) in [6.07, 6.45) is 1.56. The number of alkyl carbamates (subject to hydrolysis) is 1. The van der Waals surface area contributed by atoms with Crippen molar-refractivity contribution in [3.63, 3.8) is 0 Å². The van der Waals surface area contributed by atoms with Crippen molar-refractivity contribution in [2.45, 2.75) is 71.9 Å². The molecular weight excluding hydrogens is 300 g/mol. The summed E-state index contributed by atoms with van der Waals surface area (Å²) in [5.41, 5.74) is -0.619. The highest BCUT2D eigenvalue weighted by Gasteiger charge is 2.26. The number of carboxylic acid groups (broad SMARTS) is 1. The predicted octanol–water partition coefficient (Wildman–Crippen LogP) is 2.30. The Bertz CT molecular complexity index is 402. The van der Waals surface area contributed by atoms with Crippen LogP contribution in [0.3, 0.4) is 0 Å². The zero-order chi connectivity index (χ0) is 18.0. The fraction of sp³-hybridized carbons (Fsp3) is 0.812. The van der Waals surface area contributed by atoms with Crippen LogP contribution in [-0.4, -0.2) is 41.3 Å². The third kappa shape index (κ3) is 11.4. The molecule has 0 aromatic heterocycles. The molecule has 0 aliphatic heterocycles. The van der Waals surface area contributed by atoms with Crippen LogP contribution in [0.4, 0.5) is 4.79 Å². The summed E-state index contributed by atoms with van der Waals surface area (Å²) in [7, 11) is 0. The first kappa shape index (κ1) is 21.2. The van der Waals surface area contributed by atoms with Crippen LogP contribution in [-0.2, 0) is 14.3 Å². The number of carboxylic acids is 1. The Morgan fingerprint density at radius 1 is 1.09 bits per heavy atom. The van der Waals surface area contributed by atoms with Gasteiger partial charge < -0.3 is 20.5 Å². The largest absolute Gasteiger partial charge is 0.481 e. The minimum atomic E-state index is -0.810. The van der Waals surface area contributed by atoms with Crippen molar-refractivity contribution in [1.29, 1.82) is 0 Å². The van der Waals surface area contributed by atoms with Gasteiger partial charge in [0, 0.05) is 13.0 Å². The van der Waals surface area contributed by atoms with Crippen LogP contribution in [0.5, 0.6) is 0 Å². The van der Waals surface area contributed by atoms with Gasteiger partial charge in [-0.3, -0.25) is 9.59 Å². The highest BCUT2D eigenvalue weighted by Crippen LogP contribution is 2.09. The van der Waals surface area contributed by atoms with Gasteiger partial charge in [-0.05, 0) is 39.5 Å². The Morgan fingerprint density at radius 2 is 1.70 bits per heavy atom. The van der Waals surface area contributed by atoms with E-state index in [0.717, 1.165) is 6.42 Å². The number of ether oxygens (including phenoxy) is 1. The lowest BCUT2D eigenvalue weighted by Crippen LogP contribution is -2.51. The minimum Gasteiger partial charge on any atom is -0.481 e. The molecule has 0 radical (unpaired) electrons. The fourth-order valence-corrected chi connectivity index (χ4v) is 1.87. The fourth-order valence-electron chi connectivity index (χ4n) is 1.87. The molecule has 2 amide bonds. The first-order valence-corrected chi connectivity index (χ1v) is 8.02. The van der Waals surface area contributed by atoms with Crippen LogP contribution >= 0.6 is 0 Å². The molecule has 0 spiro atoms.